The van der Waals surface area contributed by atoms with E-state index < -0.39 is 0 Å². The molecule has 0 heterocycles. The Kier molecular flexibility index (Phi) is 2.05. The third kappa shape index (κ3) is 1.56. The molecular formula is C9H13F. The van der Waals surface area contributed by atoms with Crippen molar-refractivity contribution in [2.75, 3.05) is 0 Å². The van der Waals surface area contributed by atoms with Gasteiger partial charge in [-0.1, -0.05) is 26.0 Å². The van der Waals surface area contributed by atoms with E-state index in [1.54, 1.807) is 0 Å². The van der Waals surface area contributed by atoms with Gasteiger partial charge in [-0.05, 0) is 23.6 Å². The largest absolute Gasteiger partial charge is 0.207 e. The topological polar surface area (TPSA) is 0 Å². The van der Waals surface area contributed by atoms with Gasteiger partial charge in [0.15, 0.2) is 0 Å². The van der Waals surface area contributed by atoms with E-state index >= 15 is 0 Å². The van der Waals surface area contributed by atoms with Crippen LogP contribution in [-0.4, -0.2) is 0 Å². The van der Waals surface area contributed by atoms with Crippen molar-refractivity contribution in [1.29, 1.82) is 0 Å². The van der Waals surface area contributed by atoms with Crippen molar-refractivity contribution < 1.29 is 5.82 Å². The average Bonchev–Trinajstić information content (AvgIpc) is 1.88. The maximum absolute atomic E-state index is 12.4. The van der Waals surface area contributed by atoms with Crippen LogP contribution in [0.25, 0.3) is 0 Å². The fourth-order valence-corrected chi connectivity index (χ4v) is 0.848. The van der Waals surface area contributed by atoms with Crippen molar-refractivity contribution in [3.63, 3.8) is 0 Å². The average molecular weight is 141 g/mol. The van der Waals surface area contributed by atoms with Crippen LogP contribution < -0.4 is 0 Å². The van der Waals surface area contributed by atoms with Gasteiger partial charge in [-0.2, -0.15) is 0 Å². The lowest BCUT2D eigenvalue weighted by atomic mass is 10.0. The number of halogens is 1. The molecule has 0 atom stereocenters. The fourth-order valence-electron chi connectivity index (χ4n) is 0.848. The Bertz CT molecular complexity index is 203. The number of rotatable bonds is 1. The second kappa shape index (κ2) is 2.82. The van der Waals surface area contributed by atoms with Gasteiger partial charge >= 0.3 is 0 Å². The van der Waals surface area contributed by atoms with Crippen LogP contribution in [-0.2, 0) is 0 Å². The van der Waals surface area contributed by atoms with Gasteiger partial charge in [0.2, 0.25) is 0 Å². The van der Waals surface area contributed by atoms with Gasteiger partial charge in [0.1, 0.15) is 5.82 Å². The second-order valence-corrected chi connectivity index (χ2v) is 2.71. The monoisotopic (exact) mass is 141 g/mol. The van der Waals surface area contributed by atoms with Gasteiger partial charge in [-0.3, -0.25) is 0 Å². The van der Waals surface area contributed by atoms with Crippen LogP contribution in [0.3, 0.4) is 0 Å². The molecular weight excluding hydrogens is 127 g/mol. The quantitative estimate of drug-likeness (QED) is 0.563. The summed E-state index contributed by atoms with van der Waals surface area (Å²) in [7, 11) is 0. The Balaban J connectivity index is 0.000001000. The minimum Gasteiger partial charge on any atom is -0.207 e. The molecule has 0 spiro atoms. The van der Waals surface area contributed by atoms with E-state index in [0.29, 0.717) is 5.92 Å². The molecule has 0 fully saturated rings. The highest BCUT2D eigenvalue weighted by molar-refractivity contribution is 5.18. The summed E-state index contributed by atoms with van der Waals surface area (Å²) in [6.07, 6.45) is 0. The van der Waals surface area contributed by atoms with Crippen LogP contribution in [0, 0.1) is 5.82 Å². The van der Waals surface area contributed by atoms with E-state index in [2.05, 4.69) is 13.8 Å². The zero-order valence-electron chi connectivity index (χ0n) is 6.26. The Morgan fingerprint density at radius 2 is 1.70 bits per heavy atom. The molecule has 0 unspecified atom stereocenters. The molecule has 0 aliphatic rings. The molecule has 1 aromatic rings. The Morgan fingerprint density at radius 3 is 2.10 bits per heavy atom. The van der Waals surface area contributed by atoms with Crippen molar-refractivity contribution in [1.82, 2.24) is 0 Å². The normalized spacial score (nSPS) is 10.4. The molecule has 0 aliphatic carbocycles. The van der Waals surface area contributed by atoms with Crippen molar-refractivity contribution in [2.45, 2.75) is 19.8 Å². The van der Waals surface area contributed by atoms with Crippen LogP contribution >= 0.6 is 0 Å². The molecule has 0 amide bonds. The zero-order chi connectivity index (χ0) is 7.56. The molecule has 0 bridgehead atoms. The Labute approximate surface area is 62.2 Å². The summed E-state index contributed by atoms with van der Waals surface area (Å²) in [5, 5.41) is 0. The Hall–Kier alpha value is -0.850. The second-order valence-electron chi connectivity index (χ2n) is 2.71. The summed E-state index contributed by atoms with van der Waals surface area (Å²) in [6, 6.07) is 6.63. The van der Waals surface area contributed by atoms with Gasteiger partial charge in [-0.15, -0.1) is 0 Å². The molecule has 0 nitrogen and oxygen atoms in total. The molecule has 0 aromatic heterocycles. The molecule has 0 radical (unpaired) electrons. The van der Waals surface area contributed by atoms with Crippen LogP contribution in [0.2, 0.25) is 0 Å². The molecule has 0 aliphatic heterocycles. The first-order valence-corrected chi connectivity index (χ1v) is 3.45. The Morgan fingerprint density at radius 1 is 1.20 bits per heavy atom. The van der Waals surface area contributed by atoms with E-state index in [1.807, 2.05) is 12.1 Å². The third-order valence-corrected chi connectivity index (χ3v) is 1.54. The number of hydrogen-bond acceptors (Lipinski definition) is 0. The lowest BCUT2D eigenvalue weighted by molar-refractivity contribution is 0.626. The molecule has 0 saturated heterocycles. The summed E-state index contributed by atoms with van der Waals surface area (Å²) >= 11 is 0. The van der Waals surface area contributed by atoms with E-state index in [0.717, 1.165) is 0 Å². The minimum atomic E-state index is -0.163. The third-order valence-electron chi connectivity index (χ3n) is 1.54. The highest BCUT2D eigenvalue weighted by atomic mass is 19.1. The summed E-state index contributed by atoms with van der Waals surface area (Å²) in [4.78, 5) is 0. The highest BCUT2D eigenvalue weighted by Gasteiger charge is 1.96. The smallest absolute Gasteiger partial charge is 0.123 e. The first-order chi connectivity index (χ1) is 4.70. The molecule has 1 rings (SSSR count). The number of benzene rings is 1. The van der Waals surface area contributed by atoms with Gasteiger partial charge in [0, 0.05) is 1.43 Å². The molecule has 1 aromatic carbocycles. The molecule has 0 saturated carbocycles. The van der Waals surface area contributed by atoms with E-state index in [1.165, 1.54) is 17.7 Å². The highest BCUT2D eigenvalue weighted by Crippen LogP contribution is 2.13. The van der Waals surface area contributed by atoms with E-state index in [-0.39, 0.29) is 7.24 Å². The summed E-state index contributed by atoms with van der Waals surface area (Å²) < 4.78 is 12.4. The summed E-state index contributed by atoms with van der Waals surface area (Å²) in [5.74, 6) is 0.324. The SMILES string of the molecule is CC(C)c1ccc(F)cc1.[2HH]. The molecule has 56 valence electrons. The van der Waals surface area contributed by atoms with Gasteiger partial charge < -0.3 is 0 Å². The first kappa shape index (κ1) is 7.26. The molecule has 0 N–H and O–H groups in total. The van der Waals surface area contributed by atoms with E-state index in [4.69, 9.17) is 0 Å². The standard InChI is InChI=1S/C9H11F.H2/c1-7(2)8-3-5-9(10)6-4-8;/h3-7H,1-2H3;1H/i;1+1. The molecule has 1 heteroatoms. The van der Waals surface area contributed by atoms with Crippen molar-refractivity contribution in [2.24, 2.45) is 0 Å². The first-order valence-electron chi connectivity index (χ1n) is 3.45. The van der Waals surface area contributed by atoms with E-state index in [9.17, 15) is 4.39 Å². The van der Waals surface area contributed by atoms with Crippen molar-refractivity contribution in [3.05, 3.63) is 35.6 Å². The van der Waals surface area contributed by atoms with Crippen LogP contribution in [0.15, 0.2) is 24.3 Å². The number of hydrogen-bond donors (Lipinski definition) is 0. The van der Waals surface area contributed by atoms with Gasteiger partial charge in [0.25, 0.3) is 0 Å². The summed E-state index contributed by atoms with van der Waals surface area (Å²) in [6.45, 7) is 4.18. The zero-order valence-corrected chi connectivity index (χ0v) is 6.26. The fraction of sp³-hybridized carbons (Fsp3) is 0.333. The van der Waals surface area contributed by atoms with Crippen LogP contribution in [0.1, 0.15) is 26.8 Å². The van der Waals surface area contributed by atoms with Gasteiger partial charge in [-0.25, -0.2) is 4.39 Å². The van der Waals surface area contributed by atoms with Gasteiger partial charge in [0.05, 0.1) is 0 Å². The maximum atomic E-state index is 12.4. The predicted molar refractivity (Wildman–Crippen MR) is 42.6 cm³/mol. The lowest BCUT2D eigenvalue weighted by Gasteiger charge is -2.02. The molecule has 10 heavy (non-hydrogen) atoms. The van der Waals surface area contributed by atoms with Crippen LogP contribution in [0.5, 0.6) is 0 Å². The minimum absolute atomic E-state index is 0. The summed E-state index contributed by atoms with van der Waals surface area (Å²) in [5.41, 5.74) is 1.18. The maximum Gasteiger partial charge on any atom is 0.123 e. The van der Waals surface area contributed by atoms with Crippen molar-refractivity contribution in [3.8, 4) is 0 Å². The van der Waals surface area contributed by atoms with Crippen LogP contribution in [0.4, 0.5) is 4.39 Å². The lowest BCUT2D eigenvalue weighted by Crippen LogP contribution is -1.85. The predicted octanol–water partition coefficient (Wildman–Crippen LogP) is 3.20. The van der Waals surface area contributed by atoms with Crippen molar-refractivity contribution >= 4 is 0 Å².